The number of aryl methyl sites for hydroxylation is 1. The van der Waals surface area contributed by atoms with Gasteiger partial charge >= 0.3 is 5.97 Å². The van der Waals surface area contributed by atoms with Gasteiger partial charge in [-0.2, -0.15) is 9.50 Å². The second kappa shape index (κ2) is 17.8. The molecule has 0 aliphatic carbocycles. The van der Waals surface area contributed by atoms with Crippen molar-refractivity contribution in [2.75, 3.05) is 17.2 Å². The molecule has 2 atom stereocenters. The Hall–Kier alpha value is -5.22. The molecular formula is C33H29FN10NaO11S4. The summed E-state index contributed by atoms with van der Waals surface area (Å²) >= 11 is 3.36. The van der Waals surface area contributed by atoms with Crippen LogP contribution in [0.1, 0.15) is 22.8 Å². The Labute approximate surface area is 371 Å². The molecule has 2 aromatic carbocycles. The summed E-state index contributed by atoms with van der Waals surface area (Å²) in [6.07, 6.45) is 0. The number of fused-ring (bicyclic) bond motifs is 2. The first-order chi connectivity index (χ1) is 28.0. The largest absolute Gasteiger partial charge is 0.504 e. The van der Waals surface area contributed by atoms with Gasteiger partial charge in [0.05, 0.1) is 11.4 Å². The summed E-state index contributed by atoms with van der Waals surface area (Å²) in [5.41, 5.74) is 5.74. The quantitative estimate of drug-likeness (QED) is 0.0146. The first-order valence-corrected chi connectivity index (χ1v) is 21.1. The van der Waals surface area contributed by atoms with E-state index >= 15 is 0 Å². The van der Waals surface area contributed by atoms with Crippen molar-refractivity contribution in [2.45, 2.75) is 41.4 Å². The fourth-order valence-electron chi connectivity index (χ4n) is 5.73. The number of phenolic OH excluding ortho intramolecular Hbond substituents is 4. The molecule has 2 aliphatic heterocycles. The monoisotopic (exact) mass is 911 g/mol. The van der Waals surface area contributed by atoms with Crippen molar-refractivity contribution in [2.24, 2.45) is 5.16 Å². The summed E-state index contributed by atoms with van der Waals surface area (Å²) in [6, 6.07) is 5.68. The van der Waals surface area contributed by atoms with Crippen molar-refractivity contribution in [3.63, 3.8) is 0 Å². The van der Waals surface area contributed by atoms with Crippen LogP contribution in [0.2, 0.25) is 0 Å². The summed E-state index contributed by atoms with van der Waals surface area (Å²) in [5, 5.41) is 60.5. The number of carboxylic acids is 1. The number of aromatic nitrogens is 5. The van der Waals surface area contributed by atoms with Gasteiger partial charge in [0.2, 0.25) is 10.0 Å². The number of β-lactam (4-membered cyclic amide) rings is 1. The van der Waals surface area contributed by atoms with Gasteiger partial charge in [-0.25, -0.2) is 32.3 Å². The molecule has 2 unspecified atom stereocenters. The van der Waals surface area contributed by atoms with Crippen LogP contribution in [0, 0.1) is 12.7 Å². The van der Waals surface area contributed by atoms with Crippen LogP contribution >= 0.6 is 34.9 Å². The first kappa shape index (κ1) is 44.3. The average molecular weight is 912 g/mol. The number of hydrogen-bond donors (Lipinski definition) is 8. The van der Waals surface area contributed by atoms with Crippen LogP contribution < -0.4 is 15.8 Å². The number of nitrogen functional groups attached to an aromatic ring is 1. The maximum absolute atomic E-state index is 14.4. The number of nitrogens with one attached hydrogen (secondary N) is 2. The second-order valence-corrected chi connectivity index (χ2v) is 17.3. The first-order valence-electron chi connectivity index (χ1n) is 16.7. The minimum atomic E-state index is -4.14. The zero-order valence-corrected chi connectivity index (χ0v) is 36.2. The van der Waals surface area contributed by atoms with Crippen LogP contribution in [0.15, 0.2) is 68.1 Å². The molecule has 1 radical (unpaired) electrons. The summed E-state index contributed by atoms with van der Waals surface area (Å²) in [5.74, 6) is -6.58. The molecule has 5 heterocycles. The molecule has 5 aromatic rings. The zero-order valence-electron chi connectivity index (χ0n) is 30.9. The number of nitrogens with two attached hydrogens (primary N) is 1. The molecule has 2 amide bonds. The molecule has 0 saturated carbocycles. The Balaban J connectivity index is 0.00000604. The Bertz CT molecular complexity index is 2730. The average Bonchev–Trinajstić information content (AvgIpc) is 3.82. The van der Waals surface area contributed by atoms with Crippen LogP contribution in [-0.2, 0) is 42.4 Å². The number of benzene rings is 2. The van der Waals surface area contributed by atoms with Crippen molar-refractivity contribution >= 4 is 109 Å². The number of sulfonamides is 1. The number of halogens is 1. The number of aliphatic carboxylic acids is 1. The third-order valence-corrected chi connectivity index (χ3v) is 13.1. The Morgan fingerprint density at radius 3 is 2.55 bits per heavy atom. The molecular weight excluding hydrogens is 883 g/mol. The number of carbonyl (C=O) groups excluding carboxylic acids is 2. The molecule has 9 N–H and O–H groups in total. The predicted molar refractivity (Wildman–Crippen MR) is 213 cm³/mol. The van der Waals surface area contributed by atoms with Gasteiger partial charge in [0.15, 0.2) is 45.5 Å². The van der Waals surface area contributed by atoms with E-state index < -0.39 is 80.4 Å². The number of thioether (sulfide) groups is 2. The molecule has 2 aliphatic rings. The van der Waals surface area contributed by atoms with E-state index in [-0.39, 0.29) is 86.2 Å². The number of amides is 2. The van der Waals surface area contributed by atoms with E-state index in [1.54, 1.807) is 13.0 Å². The molecule has 0 spiro atoms. The van der Waals surface area contributed by atoms with Crippen molar-refractivity contribution in [3.05, 3.63) is 81.6 Å². The second-order valence-electron chi connectivity index (χ2n) is 12.5. The van der Waals surface area contributed by atoms with E-state index in [0.29, 0.717) is 16.3 Å². The van der Waals surface area contributed by atoms with E-state index in [2.05, 4.69) is 35.2 Å². The van der Waals surface area contributed by atoms with Crippen LogP contribution in [0.3, 0.4) is 0 Å². The number of oxime groups is 1. The van der Waals surface area contributed by atoms with Gasteiger partial charge in [0, 0.05) is 63.8 Å². The van der Waals surface area contributed by atoms with E-state index in [1.807, 2.05) is 0 Å². The Morgan fingerprint density at radius 2 is 1.85 bits per heavy atom. The van der Waals surface area contributed by atoms with Gasteiger partial charge in [-0.1, -0.05) is 5.16 Å². The molecule has 7 rings (SSSR count). The molecule has 21 nitrogen and oxygen atoms in total. The van der Waals surface area contributed by atoms with Crippen LogP contribution in [0.5, 0.6) is 23.0 Å². The number of rotatable bonds is 14. The third kappa shape index (κ3) is 8.94. The minimum absolute atomic E-state index is 0. The van der Waals surface area contributed by atoms with E-state index in [0.717, 1.165) is 46.6 Å². The summed E-state index contributed by atoms with van der Waals surface area (Å²) in [6.45, 7) is 0.764. The molecule has 3 aromatic heterocycles. The number of nitrogens with zero attached hydrogens (tertiary/aromatic N) is 7. The van der Waals surface area contributed by atoms with Crippen LogP contribution in [0.4, 0.5) is 9.52 Å². The molecule has 1 saturated heterocycles. The van der Waals surface area contributed by atoms with Crippen molar-refractivity contribution in [1.29, 1.82) is 0 Å². The van der Waals surface area contributed by atoms with E-state index in [4.69, 9.17) is 10.6 Å². The number of hydrogen-bond acceptors (Lipinski definition) is 19. The topological polar surface area (TPSA) is 317 Å². The number of phenols is 4. The summed E-state index contributed by atoms with van der Waals surface area (Å²) in [7, 11) is -4.14. The van der Waals surface area contributed by atoms with Crippen LogP contribution in [-0.4, -0.2) is 139 Å². The van der Waals surface area contributed by atoms with Crippen molar-refractivity contribution in [1.82, 2.24) is 39.5 Å². The maximum Gasteiger partial charge on any atom is 0.352 e. The van der Waals surface area contributed by atoms with Crippen molar-refractivity contribution < 1.29 is 57.6 Å². The fourth-order valence-corrected chi connectivity index (χ4v) is 9.81. The molecule has 27 heteroatoms. The van der Waals surface area contributed by atoms with Crippen molar-refractivity contribution in [3.8, 4) is 23.0 Å². The van der Waals surface area contributed by atoms with Gasteiger partial charge in [0.1, 0.15) is 34.4 Å². The molecule has 309 valence electrons. The van der Waals surface area contributed by atoms with E-state index in [9.17, 15) is 52.7 Å². The Morgan fingerprint density at radius 1 is 1.10 bits per heavy atom. The van der Waals surface area contributed by atoms with Gasteiger partial charge < -0.3 is 41.4 Å². The smallest absolute Gasteiger partial charge is 0.352 e. The predicted octanol–water partition coefficient (Wildman–Crippen LogP) is 0.982. The number of anilines is 1. The number of carbonyl (C=O) groups is 3. The van der Waals surface area contributed by atoms with E-state index in [1.165, 1.54) is 33.4 Å². The Kier molecular flexibility index (Phi) is 13.1. The summed E-state index contributed by atoms with van der Waals surface area (Å²) < 4.78 is 43.6. The minimum Gasteiger partial charge on any atom is -0.504 e. The van der Waals surface area contributed by atoms with Crippen LogP contribution in [0.25, 0.3) is 5.78 Å². The third-order valence-electron chi connectivity index (χ3n) is 8.59. The van der Waals surface area contributed by atoms with Gasteiger partial charge in [-0.05, 0) is 42.8 Å². The standard InChI is InChI=1S/C33H29FN10O11S4.Na/c1-13-6-22(44-33(37-13)39-21(41-44)8-36-59(53,54)16-3-5-18(45)20(47)7-16)56-10-15-11-57-30-25(29(50)43(30)26(15)31(51)52)40-28(49)24(17-12-58-32(35)38-17)42-55-9-14-2-4-19(46)27(48)23(14)34;/h2-7,12,25,30,36,45-48H,8-11H2,1H3,(H2,35,38)(H,40,49)(H,51,52);. The molecule has 60 heavy (non-hydrogen) atoms. The van der Waals surface area contributed by atoms with Gasteiger partial charge in [-0.15, -0.1) is 40.0 Å². The van der Waals surface area contributed by atoms with Gasteiger partial charge in [-0.3, -0.25) is 14.5 Å². The number of aromatic hydroxyl groups is 4. The number of thiazole rings is 1. The summed E-state index contributed by atoms with van der Waals surface area (Å²) in [4.78, 5) is 58.3. The molecule has 0 bridgehead atoms. The normalized spacial score (nSPS) is 16.6. The molecule has 1 fully saturated rings. The zero-order chi connectivity index (χ0) is 42.3. The fraction of sp³-hybridized carbons (Fsp3) is 0.212. The number of carboxylic acid groups (broad SMARTS) is 1. The van der Waals surface area contributed by atoms with Gasteiger partial charge in [0.25, 0.3) is 17.6 Å². The maximum atomic E-state index is 14.4. The SMILES string of the molecule is Cc1cc(SCC2=C(C(=O)O)N3C(=O)C(NC(=O)C(=NOCc4ccc(O)c(O)c4F)c4csc(N)n4)C3SC2)n2nc(CNS(=O)(=O)c3ccc(O)c(O)c3)nc2n1.[Na].